The van der Waals surface area contributed by atoms with Gasteiger partial charge in [-0.2, -0.15) is 4.31 Å². The fourth-order valence-electron chi connectivity index (χ4n) is 3.33. The van der Waals surface area contributed by atoms with E-state index >= 15 is 0 Å². The van der Waals surface area contributed by atoms with Gasteiger partial charge in [0.25, 0.3) is 10.0 Å². The number of carboxylic acid groups (broad SMARTS) is 1. The molecule has 0 unspecified atom stereocenters. The average Bonchev–Trinajstić information content (AvgIpc) is 2.96. The van der Waals surface area contributed by atoms with Crippen LogP contribution in [0.3, 0.4) is 0 Å². The number of hydrogen-bond donors (Lipinski definition) is 2. The minimum Gasteiger partial charge on any atom is -0.478 e. The van der Waals surface area contributed by atoms with Crippen molar-refractivity contribution in [3.8, 4) is 0 Å². The number of sulfonamides is 1. The molecule has 0 saturated carbocycles. The second-order valence-corrected chi connectivity index (χ2v) is 9.22. The zero-order valence-corrected chi connectivity index (χ0v) is 15.2. The van der Waals surface area contributed by atoms with Gasteiger partial charge in [-0.05, 0) is 24.9 Å². The topological polar surface area (TPSA) is 95.9 Å². The first-order valence-electron chi connectivity index (χ1n) is 8.15. The van der Waals surface area contributed by atoms with Gasteiger partial charge < -0.3 is 15.2 Å². The number of carboxylic acids is 1. The third-order valence-corrected chi connectivity index (χ3v) is 8.13. The minimum absolute atomic E-state index is 0.0216. The summed E-state index contributed by atoms with van der Waals surface area (Å²) in [7, 11) is -3.84. The van der Waals surface area contributed by atoms with Gasteiger partial charge in [-0.25, -0.2) is 13.2 Å². The molecule has 0 aromatic carbocycles. The maximum absolute atomic E-state index is 13.2. The van der Waals surface area contributed by atoms with Crippen LogP contribution in [0.5, 0.6) is 0 Å². The predicted molar refractivity (Wildman–Crippen MR) is 90.1 cm³/mol. The second kappa shape index (κ2) is 7.09. The first-order chi connectivity index (χ1) is 11.5. The Morgan fingerprint density at radius 3 is 3.00 bits per heavy atom. The predicted octanol–water partition coefficient (Wildman–Crippen LogP) is 1.28. The van der Waals surface area contributed by atoms with Crippen LogP contribution in [0.1, 0.15) is 40.6 Å². The zero-order chi connectivity index (χ0) is 17.3. The highest BCUT2D eigenvalue weighted by Gasteiger charge is 2.39. The lowest BCUT2D eigenvalue weighted by Gasteiger charge is -2.34. The third-order valence-electron chi connectivity index (χ3n) is 4.45. The minimum atomic E-state index is -3.84. The van der Waals surface area contributed by atoms with Crippen LogP contribution in [0.2, 0.25) is 0 Å². The van der Waals surface area contributed by atoms with E-state index in [1.165, 1.54) is 4.31 Å². The summed E-state index contributed by atoms with van der Waals surface area (Å²) in [6.07, 6.45) is 2.09. The van der Waals surface area contributed by atoms with Crippen molar-refractivity contribution in [2.45, 2.75) is 43.0 Å². The number of nitrogens with zero attached hydrogens (tertiary/aromatic N) is 1. The number of nitrogens with one attached hydrogen (secondary N) is 1. The van der Waals surface area contributed by atoms with Gasteiger partial charge in [0.05, 0.1) is 18.8 Å². The molecule has 0 bridgehead atoms. The Labute approximate surface area is 145 Å². The first kappa shape index (κ1) is 17.8. The molecule has 1 fully saturated rings. The van der Waals surface area contributed by atoms with Gasteiger partial charge in [0.1, 0.15) is 4.21 Å². The Hall–Kier alpha value is -1.00. The molecule has 3 heterocycles. The van der Waals surface area contributed by atoms with Crippen molar-refractivity contribution in [3.63, 3.8) is 0 Å². The normalized spacial score (nSPS) is 22.3. The summed E-state index contributed by atoms with van der Waals surface area (Å²) in [6.45, 7) is 4.16. The van der Waals surface area contributed by atoms with Crippen LogP contribution in [-0.4, -0.2) is 56.1 Å². The number of aromatic carboxylic acids is 1. The Bertz CT molecular complexity index is 726. The van der Waals surface area contributed by atoms with Gasteiger partial charge in [0.15, 0.2) is 0 Å². The molecule has 24 heavy (non-hydrogen) atoms. The summed E-state index contributed by atoms with van der Waals surface area (Å²) in [6, 6.07) is -0.229. The Balaban J connectivity index is 2.06. The van der Waals surface area contributed by atoms with Crippen molar-refractivity contribution in [2.24, 2.45) is 0 Å². The summed E-state index contributed by atoms with van der Waals surface area (Å²) < 4.78 is 33.3. The van der Waals surface area contributed by atoms with Crippen LogP contribution in [0, 0.1) is 0 Å². The van der Waals surface area contributed by atoms with Crippen molar-refractivity contribution >= 4 is 27.3 Å². The number of ether oxygens (including phenoxy) is 1. The third kappa shape index (κ3) is 3.11. The van der Waals surface area contributed by atoms with Gasteiger partial charge >= 0.3 is 5.97 Å². The van der Waals surface area contributed by atoms with Gasteiger partial charge in [-0.15, -0.1) is 11.3 Å². The zero-order valence-electron chi connectivity index (χ0n) is 13.6. The van der Waals surface area contributed by atoms with Crippen molar-refractivity contribution in [1.29, 1.82) is 0 Å². The highest BCUT2D eigenvalue weighted by molar-refractivity contribution is 7.91. The van der Waals surface area contributed by atoms with E-state index in [0.29, 0.717) is 44.7 Å². The van der Waals surface area contributed by atoms with Crippen LogP contribution in [0.25, 0.3) is 0 Å². The Kier molecular flexibility index (Phi) is 5.26. The molecule has 3 rings (SSSR count). The molecule has 0 spiro atoms. The van der Waals surface area contributed by atoms with Crippen molar-refractivity contribution in [1.82, 2.24) is 9.62 Å². The summed E-state index contributed by atoms with van der Waals surface area (Å²) >= 11 is 1.10. The number of morpholine rings is 1. The van der Waals surface area contributed by atoms with Crippen LogP contribution in [-0.2, 0) is 27.7 Å². The highest BCUT2D eigenvalue weighted by atomic mass is 32.2. The molecule has 7 nitrogen and oxygen atoms in total. The number of rotatable bonds is 5. The summed E-state index contributed by atoms with van der Waals surface area (Å²) in [5, 5.41) is 12.8. The maximum Gasteiger partial charge on any atom is 0.338 e. The van der Waals surface area contributed by atoms with E-state index in [-0.39, 0.29) is 22.4 Å². The Morgan fingerprint density at radius 2 is 2.29 bits per heavy atom. The van der Waals surface area contributed by atoms with E-state index in [4.69, 9.17) is 4.74 Å². The van der Waals surface area contributed by atoms with Crippen LogP contribution in [0.15, 0.2) is 4.21 Å². The van der Waals surface area contributed by atoms with Gasteiger partial charge in [0.2, 0.25) is 0 Å². The molecular formula is C15H22N2O5S2. The quantitative estimate of drug-likeness (QED) is 0.806. The number of carbonyl (C=O) groups is 1. The monoisotopic (exact) mass is 374 g/mol. The maximum atomic E-state index is 13.2. The second-order valence-electron chi connectivity index (χ2n) is 6.03. The molecule has 1 aromatic heterocycles. The fourth-order valence-corrected chi connectivity index (χ4v) is 6.93. The smallest absolute Gasteiger partial charge is 0.338 e. The molecule has 9 heteroatoms. The van der Waals surface area contributed by atoms with E-state index in [1.807, 2.05) is 6.92 Å². The molecular weight excluding hydrogens is 352 g/mol. The van der Waals surface area contributed by atoms with Gasteiger partial charge in [-0.3, -0.25) is 0 Å². The van der Waals surface area contributed by atoms with E-state index in [1.54, 1.807) is 0 Å². The highest BCUT2D eigenvalue weighted by Crippen LogP contribution is 2.37. The van der Waals surface area contributed by atoms with Crippen molar-refractivity contribution in [3.05, 3.63) is 16.0 Å². The van der Waals surface area contributed by atoms with Gasteiger partial charge in [0, 0.05) is 24.0 Å². The largest absolute Gasteiger partial charge is 0.478 e. The van der Waals surface area contributed by atoms with Crippen molar-refractivity contribution < 1.29 is 23.1 Å². The molecule has 0 aliphatic carbocycles. The van der Waals surface area contributed by atoms with Crippen molar-refractivity contribution in [2.75, 3.05) is 26.3 Å². The van der Waals surface area contributed by atoms with E-state index in [9.17, 15) is 18.3 Å². The standard InChI is InChI=1S/C15H22N2O5S2/c1-2-3-10-9-22-7-6-17(10)24(20,21)15-13(14(18)19)11-4-5-16-8-12(11)23-15/h10,16H,2-9H2,1H3,(H,18,19)/t10-/m1/s1. The van der Waals surface area contributed by atoms with E-state index < -0.39 is 16.0 Å². The summed E-state index contributed by atoms with van der Waals surface area (Å²) in [5.41, 5.74) is 0.642. The fraction of sp³-hybridized carbons (Fsp3) is 0.667. The first-order valence-corrected chi connectivity index (χ1v) is 10.4. The molecule has 1 saturated heterocycles. The Morgan fingerprint density at radius 1 is 1.50 bits per heavy atom. The van der Waals surface area contributed by atoms with Gasteiger partial charge in [-0.1, -0.05) is 13.3 Å². The number of hydrogen-bond acceptors (Lipinski definition) is 6. The van der Waals surface area contributed by atoms with Crippen LogP contribution >= 0.6 is 11.3 Å². The molecule has 0 amide bonds. The molecule has 2 aliphatic rings. The average molecular weight is 374 g/mol. The molecule has 1 atom stereocenters. The molecule has 1 aromatic rings. The summed E-state index contributed by atoms with van der Waals surface area (Å²) in [4.78, 5) is 12.6. The SMILES string of the molecule is CCC[C@@H]1COCCN1S(=O)(=O)c1sc2c(c1C(=O)O)CCNC2. The summed E-state index contributed by atoms with van der Waals surface area (Å²) in [5.74, 6) is -1.16. The van der Waals surface area contributed by atoms with Crippen LogP contribution < -0.4 is 5.32 Å². The number of thiophene rings is 1. The molecule has 0 radical (unpaired) electrons. The van der Waals surface area contributed by atoms with E-state index in [2.05, 4.69) is 5.32 Å². The van der Waals surface area contributed by atoms with Crippen LogP contribution in [0.4, 0.5) is 0 Å². The number of fused-ring (bicyclic) bond motifs is 1. The molecule has 2 aliphatic heterocycles. The molecule has 2 N–H and O–H groups in total. The lowest BCUT2D eigenvalue weighted by atomic mass is 10.1. The lowest BCUT2D eigenvalue weighted by molar-refractivity contribution is 0.0295. The lowest BCUT2D eigenvalue weighted by Crippen LogP contribution is -2.48. The molecule has 134 valence electrons. The van der Waals surface area contributed by atoms with E-state index in [0.717, 1.165) is 22.6 Å².